The first kappa shape index (κ1) is 14.5. The Morgan fingerprint density at radius 1 is 1.39 bits per heavy atom. The van der Waals surface area contributed by atoms with Crippen molar-refractivity contribution in [3.05, 3.63) is 24.3 Å². The predicted octanol–water partition coefficient (Wildman–Crippen LogP) is 2.72. The Bertz CT molecular complexity index is 826. The summed E-state index contributed by atoms with van der Waals surface area (Å²) < 4.78 is 2.13. The topological polar surface area (TPSA) is 70.0 Å². The van der Waals surface area contributed by atoms with Gasteiger partial charge in [0.2, 0.25) is 0 Å². The second-order valence-corrected chi connectivity index (χ2v) is 6.50. The summed E-state index contributed by atoms with van der Waals surface area (Å²) in [6.07, 6.45) is 6.71. The van der Waals surface area contributed by atoms with Gasteiger partial charge in [-0.25, -0.2) is 14.6 Å². The molecule has 0 amide bonds. The number of pyridine rings is 1. The van der Waals surface area contributed by atoms with Crippen molar-refractivity contribution >= 4 is 22.1 Å². The van der Waals surface area contributed by atoms with E-state index < -0.39 is 6.10 Å². The Morgan fingerprint density at radius 3 is 2.87 bits per heavy atom. The Kier molecular flexibility index (Phi) is 3.49. The minimum atomic E-state index is -0.611. The van der Waals surface area contributed by atoms with Crippen molar-refractivity contribution in [2.24, 2.45) is 5.92 Å². The maximum absolute atomic E-state index is 10.2. The Labute approximate surface area is 135 Å². The van der Waals surface area contributed by atoms with Crippen LogP contribution in [0.3, 0.4) is 0 Å². The van der Waals surface area contributed by atoms with Crippen LogP contribution in [0.5, 0.6) is 0 Å². The molecular weight excluding hydrogens is 290 g/mol. The second kappa shape index (κ2) is 5.53. The maximum Gasteiger partial charge on any atom is 0.157 e. The highest BCUT2D eigenvalue weighted by atomic mass is 16.3. The lowest BCUT2D eigenvalue weighted by Gasteiger charge is -2.35. The number of nitrogens with one attached hydrogen (secondary N) is 1. The van der Waals surface area contributed by atoms with E-state index in [1.165, 1.54) is 19.3 Å². The smallest absolute Gasteiger partial charge is 0.157 e. The molecule has 122 valence electrons. The summed E-state index contributed by atoms with van der Waals surface area (Å²) in [4.78, 5) is 12.2. The van der Waals surface area contributed by atoms with Crippen LogP contribution in [0.1, 0.15) is 45.0 Å². The SMILES string of the molecule is CCC1CCN(n2c([C@@H](C)O)nc3cnc4[nH]ccc4c32)CC1. The number of imidazole rings is 1. The number of rotatable bonds is 3. The van der Waals surface area contributed by atoms with Gasteiger partial charge < -0.3 is 15.1 Å². The number of fused-ring (bicyclic) bond motifs is 3. The fraction of sp³-hybridized carbons (Fsp3) is 0.529. The van der Waals surface area contributed by atoms with Crippen LogP contribution in [-0.2, 0) is 0 Å². The van der Waals surface area contributed by atoms with E-state index in [-0.39, 0.29) is 0 Å². The number of hydrogen-bond donors (Lipinski definition) is 2. The number of H-pyrrole nitrogens is 1. The first-order valence-corrected chi connectivity index (χ1v) is 8.46. The van der Waals surface area contributed by atoms with Gasteiger partial charge in [-0.3, -0.25) is 0 Å². The molecule has 3 aromatic heterocycles. The Hall–Kier alpha value is -2.08. The molecule has 4 rings (SSSR count). The van der Waals surface area contributed by atoms with E-state index in [1.54, 1.807) is 13.1 Å². The summed E-state index contributed by atoms with van der Waals surface area (Å²) in [5.74, 6) is 1.51. The molecule has 0 saturated carbocycles. The Balaban J connectivity index is 1.88. The van der Waals surface area contributed by atoms with Crippen LogP contribution >= 0.6 is 0 Å². The largest absolute Gasteiger partial charge is 0.385 e. The molecule has 23 heavy (non-hydrogen) atoms. The Morgan fingerprint density at radius 2 is 2.17 bits per heavy atom. The van der Waals surface area contributed by atoms with E-state index in [1.807, 2.05) is 12.3 Å². The van der Waals surface area contributed by atoms with Crippen molar-refractivity contribution < 1.29 is 5.11 Å². The fourth-order valence-corrected chi connectivity index (χ4v) is 3.66. The highest BCUT2D eigenvalue weighted by molar-refractivity contribution is 6.01. The summed E-state index contributed by atoms with van der Waals surface area (Å²) in [6, 6.07) is 2.04. The van der Waals surface area contributed by atoms with Crippen LogP contribution < -0.4 is 5.01 Å². The van der Waals surface area contributed by atoms with E-state index in [0.29, 0.717) is 5.82 Å². The molecule has 0 unspecified atom stereocenters. The maximum atomic E-state index is 10.2. The molecule has 4 heterocycles. The molecule has 1 saturated heterocycles. The number of aromatic amines is 1. The van der Waals surface area contributed by atoms with E-state index >= 15 is 0 Å². The van der Waals surface area contributed by atoms with E-state index in [2.05, 4.69) is 31.6 Å². The predicted molar refractivity (Wildman–Crippen MR) is 91.0 cm³/mol. The van der Waals surface area contributed by atoms with Gasteiger partial charge in [0.1, 0.15) is 22.8 Å². The molecule has 1 atom stereocenters. The first-order chi connectivity index (χ1) is 11.2. The molecule has 0 bridgehead atoms. The molecule has 0 aliphatic carbocycles. The lowest BCUT2D eigenvalue weighted by molar-refractivity contribution is 0.182. The van der Waals surface area contributed by atoms with Crippen LogP contribution in [0.2, 0.25) is 0 Å². The standard InChI is InChI=1S/C17H23N5O/c1-3-12-5-8-21(9-6-12)22-15-13-4-7-18-16(13)19-10-14(15)20-17(22)11(2)23/h4,7,10-12,23H,3,5-6,8-9H2,1-2H3,(H,18,19)/t11-/m1/s1. The summed E-state index contributed by atoms with van der Waals surface area (Å²) in [5, 5.41) is 13.6. The van der Waals surface area contributed by atoms with Gasteiger partial charge >= 0.3 is 0 Å². The monoisotopic (exact) mass is 313 g/mol. The van der Waals surface area contributed by atoms with E-state index in [9.17, 15) is 5.11 Å². The third-order valence-electron chi connectivity index (χ3n) is 5.03. The zero-order chi connectivity index (χ0) is 16.0. The summed E-state index contributed by atoms with van der Waals surface area (Å²) in [5.41, 5.74) is 2.74. The molecule has 2 N–H and O–H groups in total. The third-order valence-corrected chi connectivity index (χ3v) is 5.03. The highest BCUT2D eigenvalue weighted by Gasteiger charge is 2.25. The highest BCUT2D eigenvalue weighted by Crippen LogP contribution is 2.29. The molecule has 1 fully saturated rings. The molecule has 1 aliphatic heterocycles. The normalized spacial score (nSPS) is 18.1. The summed E-state index contributed by atoms with van der Waals surface area (Å²) >= 11 is 0. The van der Waals surface area contributed by atoms with Gasteiger partial charge in [-0.1, -0.05) is 13.3 Å². The lowest BCUT2D eigenvalue weighted by Crippen LogP contribution is -2.42. The fourth-order valence-electron chi connectivity index (χ4n) is 3.66. The zero-order valence-electron chi connectivity index (χ0n) is 13.7. The van der Waals surface area contributed by atoms with Crippen molar-refractivity contribution in [1.82, 2.24) is 19.6 Å². The van der Waals surface area contributed by atoms with Gasteiger partial charge in [-0.2, -0.15) is 0 Å². The second-order valence-electron chi connectivity index (χ2n) is 6.50. The average molecular weight is 313 g/mol. The zero-order valence-corrected chi connectivity index (χ0v) is 13.7. The number of hydrogen-bond acceptors (Lipinski definition) is 4. The van der Waals surface area contributed by atoms with Gasteiger partial charge in [-0.15, -0.1) is 0 Å². The van der Waals surface area contributed by atoms with Gasteiger partial charge in [0.15, 0.2) is 5.82 Å². The number of aliphatic hydroxyl groups is 1. The van der Waals surface area contributed by atoms with Crippen LogP contribution in [0.15, 0.2) is 18.5 Å². The molecule has 0 radical (unpaired) electrons. The van der Waals surface area contributed by atoms with Gasteiger partial charge in [0, 0.05) is 24.7 Å². The average Bonchev–Trinajstić information content (AvgIpc) is 3.18. The first-order valence-electron chi connectivity index (χ1n) is 8.46. The van der Waals surface area contributed by atoms with Crippen molar-refractivity contribution in [2.75, 3.05) is 18.1 Å². The molecule has 0 spiro atoms. The van der Waals surface area contributed by atoms with Gasteiger partial charge in [-0.05, 0) is 31.7 Å². The molecular formula is C17H23N5O. The number of piperidine rings is 1. The summed E-state index contributed by atoms with van der Waals surface area (Å²) in [6.45, 7) is 6.04. The minimum Gasteiger partial charge on any atom is -0.385 e. The van der Waals surface area contributed by atoms with Crippen LogP contribution in [0, 0.1) is 5.92 Å². The number of aliphatic hydroxyl groups excluding tert-OH is 1. The van der Waals surface area contributed by atoms with Crippen LogP contribution in [0.25, 0.3) is 22.1 Å². The molecule has 3 aromatic rings. The molecule has 6 heteroatoms. The van der Waals surface area contributed by atoms with Crippen molar-refractivity contribution in [2.45, 2.75) is 39.2 Å². The molecule has 6 nitrogen and oxygen atoms in total. The van der Waals surface area contributed by atoms with Crippen LogP contribution in [0.4, 0.5) is 0 Å². The van der Waals surface area contributed by atoms with Gasteiger partial charge in [0.05, 0.1) is 6.20 Å². The van der Waals surface area contributed by atoms with Crippen LogP contribution in [-0.4, -0.2) is 37.8 Å². The van der Waals surface area contributed by atoms with Gasteiger partial charge in [0.25, 0.3) is 0 Å². The lowest BCUT2D eigenvalue weighted by atomic mass is 9.95. The molecule has 1 aliphatic rings. The van der Waals surface area contributed by atoms with Crippen molar-refractivity contribution in [1.29, 1.82) is 0 Å². The third kappa shape index (κ3) is 2.28. The van der Waals surface area contributed by atoms with E-state index in [0.717, 1.165) is 41.1 Å². The van der Waals surface area contributed by atoms with Crippen molar-refractivity contribution in [3.63, 3.8) is 0 Å². The molecule has 0 aromatic carbocycles. The minimum absolute atomic E-state index is 0.611. The number of nitrogens with zero attached hydrogens (tertiary/aromatic N) is 4. The summed E-state index contributed by atoms with van der Waals surface area (Å²) in [7, 11) is 0. The van der Waals surface area contributed by atoms with Crippen molar-refractivity contribution in [3.8, 4) is 0 Å². The van der Waals surface area contributed by atoms with E-state index in [4.69, 9.17) is 0 Å². The quantitative estimate of drug-likeness (QED) is 0.780. The number of aromatic nitrogens is 4.